The van der Waals surface area contributed by atoms with Gasteiger partial charge in [-0.2, -0.15) is 5.10 Å². The smallest absolute Gasteiger partial charge is 0.135 e. The largest absolute Gasteiger partial charge is 0.358 e. The maximum atomic E-state index is 4.87. The Labute approximate surface area is 166 Å². The van der Waals surface area contributed by atoms with E-state index in [0.29, 0.717) is 0 Å². The number of nitrogens with one attached hydrogen (secondary N) is 3. The summed E-state index contributed by atoms with van der Waals surface area (Å²) in [6.07, 6.45) is 8.03. The number of hydrogen-bond donors (Lipinski definition) is 3. The fourth-order valence-electron chi connectivity index (χ4n) is 3.29. The van der Waals surface area contributed by atoms with Gasteiger partial charge in [0.25, 0.3) is 0 Å². The Morgan fingerprint density at radius 2 is 2.00 bits per heavy atom. The van der Waals surface area contributed by atoms with Gasteiger partial charge in [-0.25, -0.2) is 4.98 Å². The highest BCUT2D eigenvalue weighted by Crippen LogP contribution is 2.29. The summed E-state index contributed by atoms with van der Waals surface area (Å²) in [7, 11) is 0. The van der Waals surface area contributed by atoms with Crippen molar-refractivity contribution >= 4 is 27.6 Å². The van der Waals surface area contributed by atoms with Gasteiger partial charge in [-0.05, 0) is 36.8 Å². The Morgan fingerprint density at radius 3 is 2.86 bits per heavy atom. The zero-order valence-corrected chi connectivity index (χ0v) is 15.9. The quantitative estimate of drug-likeness (QED) is 0.402. The molecule has 0 fully saturated rings. The first-order valence-corrected chi connectivity index (χ1v) is 9.39. The number of fused-ring (bicyclic) bond motifs is 2. The van der Waals surface area contributed by atoms with Gasteiger partial charge in [-0.15, -0.1) is 0 Å². The summed E-state index contributed by atoms with van der Waals surface area (Å²) in [5.74, 6) is 0. The fraction of sp³-hybridized carbons (Fsp3) is 0.0909. The van der Waals surface area contributed by atoms with E-state index < -0.39 is 0 Å². The zero-order valence-electron chi connectivity index (χ0n) is 15.9. The van der Waals surface area contributed by atoms with Crippen LogP contribution in [0.5, 0.6) is 0 Å². The van der Waals surface area contributed by atoms with E-state index in [1.807, 2.05) is 30.5 Å². The molecule has 0 saturated heterocycles. The first kappa shape index (κ1) is 17.1. The predicted molar refractivity (Wildman–Crippen MR) is 115 cm³/mol. The first-order valence-electron chi connectivity index (χ1n) is 9.39. The van der Waals surface area contributed by atoms with Crippen LogP contribution >= 0.6 is 0 Å². The van der Waals surface area contributed by atoms with Crippen molar-refractivity contribution in [3.63, 3.8) is 0 Å². The van der Waals surface area contributed by atoms with Crippen LogP contribution in [0.4, 0.5) is 5.69 Å². The first-order chi connectivity index (χ1) is 14.2. The molecule has 7 nitrogen and oxygen atoms in total. The van der Waals surface area contributed by atoms with Crippen molar-refractivity contribution in [3.8, 4) is 22.6 Å². The average molecular weight is 381 g/mol. The summed E-state index contributed by atoms with van der Waals surface area (Å²) in [5, 5.41) is 11.9. The van der Waals surface area contributed by atoms with E-state index in [1.54, 1.807) is 18.6 Å². The van der Waals surface area contributed by atoms with Crippen molar-refractivity contribution in [1.82, 2.24) is 30.1 Å². The van der Waals surface area contributed by atoms with Gasteiger partial charge in [-0.3, -0.25) is 15.1 Å². The Bertz CT molecular complexity index is 1310. The second kappa shape index (κ2) is 6.87. The molecule has 7 heteroatoms. The lowest BCUT2D eigenvalue weighted by atomic mass is 10.1. The molecular weight excluding hydrogens is 362 g/mol. The summed E-state index contributed by atoms with van der Waals surface area (Å²) in [4.78, 5) is 16.8. The van der Waals surface area contributed by atoms with Crippen LogP contribution in [0.3, 0.4) is 0 Å². The van der Waals surface area contributed by atoms with Crippen molar-refractivity contribution in [3.05, 3.63) is 67.4 Å². The number of allylic oxidation sites excluding steroid dienone is 1. The summed E-state index contributed by atoms with van der Waals surface area (Å²) in [6.45, 7) is 6.05. The molecule has 0 aromatic carbocycles. The molecule has 0 aliphatic heterocycles. The zero-order chi connectivity index (χ0) is 19.8. The maximum Gasteiger partial charge on any atom is 0.135 e. The molecule has 5 aromatic heterocycles. The van der Waals surface area contributed by atoms with Gasteiger partial charge in [0.05, 0.1) is 40.5 Å². The van der Waals surface area contributed by atoms with E-state index in [4.69, 9.17) is 4.98 Å². The van der Waals surface area contributed by atoms with Crippen molar-refractivity contribution in [1.29, 1.82) is 0 Å². The minimum absolute atomic E-state index is 0.777. The van der Waals surface area contributed by atoms with E-state index >= 15 is 0 Å². The van der Waals surface area contributed by atoms with E-state index in [2.05, 4.69) is 50.0 Å². The molecule has 0 aliphatic rings. The van der Waals surface area contributed by atoms with Crippen LogP contribution < -0.4 is 5.32 Å². The van der Waals surface area contributed by atoms with Crippen LogP contribution in [0.1, 0.15) is 13.3 Å². The van der Waals surface area contributed by atoms with E-state index in [1.165, 1.54) is 0 Å². The topological polar surface area (TPSA) is 95.2 Å². The van der Waals surface area contributed by atoms with Gasteiger partial charge in [-0.1, -0.05) is 13.5 Å². The second-order valence-corrected chi connectivity index (χ2v) is 6.86. The Kier molecular flexibility index (Phi) is 4.05. The highest BCUT2D eigenvalue weighted by molar-refractivity contribution is 5.94. The third kappa shape index (κ3) is 3.12. The number of pyridine rings is 3. The Morgan fingerprint density at radius 1 is 1.07 bits per heavy atom. The lowest BCUT2D eigenvalue weighted by Crippen LogP contribution is -1.97. The molecule has 0 saturated carbocycles. The molecule has 0 amide bonds. The molecule has 0 radical (unpaired) electrons. The van der Waals surface area contributed by atoms with Gasteiger partial charge >= 0.3 is 0 Å². The predicted octanol–water partition coefficient (Wildman–Crippen LogP) is 4.90. The van der Waals surface area contributed by atoms with Gasteiger partial charge in [0.15, 0.2) is 0 Å². The normalized spacial score (nSPS) is 11.2. The second-order valence-electron chi connectivity index (χ2n) is 6.86. The van der Waals surface area contributed by atoms with E-state index in [-0.39, 0.29) is 0 Å². The van der Waals surface area contributed by atoms with Gasteiger partial charge in [0, 0.05) is 29.0 Å². The summed E-state index contributed by atoms with van der Waals surface area (Å²) >= 11 is 0. The van der Waals surface area contributed by atoms with Crippen molar-refractivity contribution in [2.24, 2.45) is 0 Å². The number of aromatic amines is 2. The van der Waals surface area contributed by atoms with Crippen molar-refractivity contribution < 1.29 is 0 Å². The van der Waals surface area contributed by atoms with Crippen LogP contribution in [-0.2, 0) is 0 Å². The van der Waals surface area contributed by atoms with Crippen LogP contribution in [0.15, 0.2) is 67.4 Å². The minimum atomic E-state index is 0.777. The SMILES string of the molecule is C=C(CC)Nc1cncc(-c2ccc3[nH]nc(-c4cc5ccncc5[nH]4)c3n2)c1. The Balaban J connectivity index is 1.58. The molecule has 5 aromatic rings. The molecule has 29 heavy (non-hydrogen) atoms. The molecule has 0 aliphatic carbocycles. The highest BCUT2D eigenvalue weighted by atomic mass is 15.1. The number of nitrogens with zero attached hydrogens (tertiary/aromatic N) is 4. The molecule has 0 atom stereocenters. The van der Waals surface area contributed by atoms with Crippen LogP contribution in [0.25, 0.3) is 44.6 Å². The van der Waals surface area contributed by atoms with Crippen LogP contribution in [-0.4, -0.2) is 30.1 Å². The lowest BCUT2D eigenvalue weighted by molar-refractivity contribution is 1.11. The number of anilines is 1. The van der Waals surface area contributed by atoms with Crippen LogP contribution in [0, 0.1) is 0 Å². The molecule has 5 rings (SSSR count). The Hall–Kier alpha value is -4.00. The molecule has 0 bridgehead atoms. The standard InChI is InChI=1S/C22H19N7/c1-3-13(2)25-16-8-15(10-24-11-16)17-4-5-18-21(27-17)22(29-28-18)19-9-14-6-7-23-12-20(14)26-19/h4-12,25-26H,2-3H2,1H3,(H,28,29). The number of rotatable bonds is 5. The lowest BCUT2D eigenvalue weighted by Gasteiger charge is -2.08. The summed E-state index contributed by atoms with van der Waals surface area (Å²) < 4.78 is 0. The molecular formula is C22H19N7. The molecule has 3 N–H and O–H groups in total. The summed E-state index contributed by atoms with van der Waals surface area (Å²) in [5.41, 5.74) is 7.92. The summed E-state index contributed by atoms with van der Waals surface area (Å²) in [6, 6.07) is 10.0. The number of aromatic nitrogens is 6. The van der Waals surface area contributed by atoms with Crippen molar-refractivity contribution in [2.75, 3.05) is 5.32 Å². The maximum absolute atomic E-state index is 4.87. The third-order valence-electron chi connectivity index (χ3n) is 4.87. The monoisotopic (exact) mass is 381 g/mol. The van der Waals surface area contributed by atoms with E-state index in [0.717, 1.165) is 62.4 Å². The van der Waals surface area contributed by atoms with Crippen molar-refractivity contribution in [2.45, 2.75) is 13.3 Å². The number of H-pyrrole nitrogens is 2. The molecule has 0 unspecified atom stereocenters. The van der Waals surface area contributed by atoms with Gasteiger partial charge in [0.2, 0.25) is 0 Å². The minimum Gasteiger partial charge on any atom is -0.358 e. The van der Waals surface area contributed by atoms with Gasteiger partial charge < -0.3 is 10.3 Å². The van der Waals surface area contributed by atoms with Gasteiger partial charge in [0.1, 0.15) is 11.2 Å². The highest BCUT2D eigenvalue weighted by Gasteiger charge is 2.14. The van der Waals surface area contributed by atoms with E-state index in [9.17, 15) is 0 Å². The number of hydrogen-bond acceptors (Lipinski definition) is 5. The van der Waals surface area contributed by atoms with Crippen LogP contribution in [0.2, 0.25) is 0 Å². The molecule has 0 spiro atoms. The molecule has 142 valence electrons. The average Bonchev–Trinajstić information content (AvgIpc) is 3.37. The third-order valence-corrected chi connectivity index (χ3v) is 4.87. The molecule has 5 heterocycles. The fourth-order valence-corrected chi connectivity index (χ4v) is 3.29.